The predicted molar refractivity (Wildman–Crippen MR) is 145 cm³/mol. The van der Waals surface area contributed by atoms with E-state index in [0.717, 1.165) is 22.3 Å². The zero-order valence-electron chi connectivity index (χ0n) is 21.4. The Balaban J connectivity index is 1.26. The summed E-state index contributed by atoms with van der Waals surface area (Å²) < 4.78 is 19.5. The van der Waals surface area contributed by atoms with Crippen molar-refractivity contribution in [3.63, 3.8) is 0 Å². The van der Waals surface area contributed by atoms with Gasteiger partial charge in [0.05, 0.1) is 30.2 Å². The number of ketones is 1. The summed E-state index contributed by atoms with van der Waals surface area (Å²) in [5.41, 5.74) is 4.65. The number of Topliss-reactive ketones (excluding diaryl/α,β-unsaturated/α-hetero) is 1. The van der Waals surface area contributed by atoms with Gasteiger partial charge in [-0.15, -0.1) is 0 Å². The number of likely N-dealkylation sites (tertiary alicyclic amines) is 1. The van der Waals surface area contributed by atoms with Crippen molar-refractivity contribution in [2.24, 2.45) is 0 Å². The molecular formula is C29H26FN5O5. The topological polar surface area (TPSA) is 128 Å². The molecule has 0 aliphatic carbocycles. The lowest BCUT2D eigenvalue weighted by Gasteiger charge is -2.38. The summed E-state index contributed by atoms with van der Waals surface area (Å²) in [5.74, 6) is 0.540. The molecule has 3 heterocycles. The van der Waals surface area contributed by atoms with Crippen LogP contribution in [0, 0.1) is 5.82 Å². The molecule has 1 fully saturated rings. The summed E-state index contributed by atoms with van der Waals surface area (Å²) in [4.78, 5) is 47.7. The molecule has 2 aliphatic heterocycles. The number of carbonyl (C=O) groups excluding carboxylic acids is 2. The number of aromatic nitrogens is 2. The number of anilines is 1. The Bertz CT molecular complexity index is 1620. The molecule has 1 atom stereocenters. The number of fused-ring (bicyclic) bond motifs is 2. The van der Waals surface area contributed by atoms with Gasteiger partial charge >= 0.3 is 12.1 Å². The molecule has 11 heteroatoms. The Hall–Kier alpha value is -4.93. The lowest BCUT2D eigenvalue weighted by molar-refractivity contribution is -0.122. The Morgan fingerprint density at radius 2 is 1.82 bits per heavy atom. The van der Waals surface area contributed by atoms with E-state index < -0.39 is 12.1 Å². The molecule has 3 N–H and O–H groups in total. The van der Waals surface area contributed by atoms with Crippen LogP contribution < -0.4 is 10.1 Å². The van der Waals surface area contributed by atoms with Crippen LogP contribution in [0.3, 0.4) is 0 Å². The van der Waals surface area contributed by atoms with Gasteiger partial charge in [0.25, 0.3) is 0 Å². The van der Waals surface area contributed by atoms with Crippen LogP contribution in [-0.4, -0.2) is 62.5 Å². The van der Waals surface area contributed by atoms with E-state index in [9.17, 15) is 18.8 Å². The predicted octanol–water partition coefficient (Wildman–Crippen LogP) is 5.18. The first kappa shape index (κ1) is 25.4. The van der Waals surface area contributed by atoms with Gasteiger partial charge in [-0.1, -0.05) is 24.3 Å². The van der Waals surface area contributed by atoms with Gasteiger partial charge in [0.1, 0.15) is 24.0 Å². The Morgan fingerprint density at radius 1 is 1.05 bits per heavy atom. The molecule has 10 nitrogen and oxygen atoms in total. The number of carboxylic acid groups (broad SMARTS) is 1. The fourth-order valence-corrected chi connectivity index (χ4v) is 5.31. The van der Waals surface area contributed by atoms with Crippen LogP contribution in [-0.2, 0) is 11.3 Å². The summed E-state index contributed by atoms with van der Waals surface area (Å²) in [6.07, 6.45) is -0.722. The standard InChI is InChI=1S/C29H26FN5O5/c30-21-5-1-17(2-6-21)25-15-22(36)9-10-35(25)29(39)34-11-12-40-26-8-4-18(13-20(26)16-34)19-3-7-23-24(14-19)32-27(31-23)33-28(37)38/h1-8,13-14,25H,9-12,15-16H2,(H,37,38)(H2,31,32,33). The number of rotatable bonds is 3. The second kappa shape index (κ2) is 10.3. The van der Waals surface area contributed by atoms with E-state index in [0.29, 0.717) is 43.0 Å². The van der Waals surface area contributed by atoms with Crippen molar-refractivity contribution in [1.82, 2.24) is 19.8 Å². The van der Waals surface area contributed by atoms with E-state index in [1.165, 1.54) is 12.1 Å². The van der Waals surface area contributed by atoms with Gasteiger partial charge in [0.15, 0.2) is 0 Å². The van der Waals surface area contributed by atoms with Crippen molar-refractivity contribution >= 4 is 34.9 Å². The Labute approximate surface area is 228 Å². The summed E-state index contributed by atoms with van der Waals surface area (Å²) in [6.45, 7) is 1.32. The van der Waals surface area contributed by atoms with Gasteiger partial charge in [-0.2, -0.15) is 0 Å². The second-order valence-electron chi connectivity index (χ2n) is 9.88. The molecule has 0 radical (unpaired) electrons. The largest absolute Gasteiger partial charge is 0.491 e. The fourth-order valence-electron chi connectivity index (χ4n) is 5.31. The van der Waals surface area contributed by atoms with Gasteiger partial charge in [0, 0.05) is 24.9 Å². The SMILES string of the molecule is O=C1CCN(C(=O)N2CCOc3ccc(-c4ccc5nc(NC(=O)O)[nH]c5c4)cc3C2)C(c2ccc(F)cc2)C1. The van der Waals surface area contributed by atoms with Crippen molar-refractivity contribution < 1.29 is 28.6 Å². The number of benzene rings is 3. The van der Waals surface area contributed by atoms with Crippen molar-refractivity contribution in [3.8, 4) is 16.9 Å². The van der Waals surface area contributed by atoms with E-state index in [2.05, 4.69) is 15.3 Å². The maximum atomic E-state index is 13.8. The van der Waals surface area contributed by atoms with Crippen molar-refractivity contribution in [2.45, 2.75) is 25.4 Å². The first-order chi connectivity index (χ1) is 19.3. The van der Waals surface area contributed by atoms with E-state index in [4.69, 9.17) is 9.84 Å². The molecule has 1 saturated heterocycles. The monoisotopic (exact) mass is 543 g/mol. The Morgan fingerprint density at radius 3 is 2.62 bits per heavy atom. The minimum Gasteiger partial charge on any atom is -0.491 e. The molecule has 4 aromatic rings. The molecule has 204 valence electrons. The molecule has 6 rings (SSSR count). The Kier molecular flexibility index (Phi) is 6.54. The average Bonchev–Trinajstić information content (AvgIpc) is 3.20. The summed E-state index contributed by atoms with van der Waals surface area (Å²) in [6, 6.07) is 16.7. The highest BCUT2D eigenvalue weighted by atomic mass is 19.1. The van der Waals surface area contributed by atoms with Gasteiger partial charge < -0.3 is 24.6 Å². The highest BCUT2D eigenvalue weighted by molar-refractivity contribution is 5.88. The number of imidazole rings is 1. The normalized spacial score (nSPS) is 17.2. The second-order valence-corrected chi connectivity index (χ2v) is 9.88. The molecular weight excluding hydrogens is 517 g/mol. The van der Waals surface area contributed by atoms with Crippen LogP contribution >= 0.6 is 0 Å². The van der Waals surface area contributed by atoms with Crippen molar-refractivity contribution in [1.29, 1.82) is 0 Å². The maximum Gasteiger partial charge on any atom is 0.411 e. The fraction of sp³-hybridized carbons (Fsp3) is 0.241. The summed E-state index contributed by atoms with van der Waals surface area (Å²) in [7, 11) is 0. The smallest absolute Gasteiger partial charge is 0.411 e. The number of urea groups is 1. The number of aromatic amines is 1. The van der Waals surface area contributed by atoms with E-state index in [1.54, 1.807) is 28.0 Å². The van der Waals surface area contributed by atoms with Crippen LogP contribution in [0.2, 0.25) is 0 Å². The van der Waals surface area contributed by atoms with Crippen LogP contribution in [0.1, 0.15) is 30.0 Å². The average molecular weight is 544 g/mol. The molecule has 0 saturated carbocycles. The number of amides is 3. The van der Waals surface area contributed by atoms with Crippen LogP contribution in [0.25, 0.3) is 22.2 Å². The molecule has 3 amide bonds. The first-order valence-corrected chi connectivity index (χ1v) is 12.9. The highest BCUT2D eigenvalue weighted by Crippen LogP contribution is 2.34. The van der Waals surface area contributed by atoms with E-state index >= 15 is 0 Å². The van der Waals surface area contributed by atoms with Gasteiger partial charge in [-0.25, -0.2) is 19.0 Å². The molecule has 0 bridgehead atoms. The minimum absolute atomic E-state index is 0.0765. The third-order valence-electron chi connectivity index (χ3n) is 7.28. The maximum absolute atomic E-state index is 13.8. The third-order valence-corrected chi connectivity index (χ3v) is 7.28. The third kappa shape index (κ3) is 5.05. The van der Waals surface area contributed by atoms with Crippen LogP contribution in [0.15, 0.2) is 60.7 Å². The number of nitrogens with one attached hydrogen (secondary N) is 2. The number of ether oxygens (including phenoxy) is 1. The van der Waals surface area contributed by atoms with Crippen molar-refractivity contribution in [3.05, 3.63) is 77.6 Å². The number of hydrogen-bond acceptors (Lipinski definition) is 5. The lowest BCUT2D eigenvalue weighted by Crippen LogP contribution is -2.48. The molecule has 1 unspecified atom stereocenters. The van der Waals surface area contributed by atoms with Crippen LogP contribution in [0.4, 0.5) is 19.9 Å². The zero-order chi connectivity index (χ0) is 27.8. The summed E-state index contributed by atoms with van der Waals surface area (Å²) in [5, 5.41) is 11.2. The number of piperidine rings is 1. The molecule has 3 aromatic carbocycles. The van der Waals surface area contributed by atoms with E-state index in [-0.39, 0.29) is 36.4 Å². The molecule has 1 aromatic heterocycles. The molecule has 40 heavy (non-hydrogen) atoms. The first-order valence-electron chi connectivity index (χ1n) is 12.9. The lowest BCUT2D eigenvalue weighted by atomic mass is 9.94. The quantitative estimate of drug-likeness (QED) is 0.327. The number of H-pyrrole nitrogens is 1. The number of carbonyl (C=O) groups is 3. The minimum atomic E-state index is -1.20. The van der Waals surface area contributed by atoms with Crippen LogP contribution in [0.5, 0.6) is 5.75 Å². The number of hydrogen-bond donors (Lipinski definition) is 3. The number of nitrogens with zero attached hydrogens (tertiary/aromatic N) is 3. The molecule has 2 aliphatic rings. The van der Waals surface area contributed by atoms with Gasteiger partial charge in [0.2, 0.25) is 5.95 Å². The highest BCUT2D eigenvalue weighted by Gasteiger charge is 2.35. The number of halogens is 1. The van der Waals surface area contributed by atoms with Gasteiger partial charge in [-0.05, 0) is 53.1 Å². The molecule has 0 spiro atoms. The van der Waals surface area contributed by atoms with E-state index in [1.807, 2.05) is 30.3 Å². The van der Waals surface area contributed by atoms with Crippen molar-refractivity contribution in [2.75, 3.05) is 25.0 Å². The zero-order valence-corrected chi connectivity index (χ0v) is 21.4. The van der Waals surface area contributed by atoms with Gasteiger partial charge in [-0.3, -0.25) is 10.1 Å². The summed E-state index contributed by atoms with van der Waals surface area (Å²) >= 11 is 0.